The van der Waals surface area contributed by atoms with E-state index in [0.717, 1.165) is 16.2 Å². The average Bonchev–Trinajstić information content (AvgIpc) is 3.14. The molecule has 2 heterocycles. The second kappa shape index (κ2) is 8.79. The standard InChI is InChI=1S/C22H25N3O6S/c1-4-9-25-18-7-6-16(32(27,28)24(2)3)13-17(18)23-21(25)14-31-22(26)15-5-8-19-20(12-15)30-11-10-29-19/h5-8,12-13H,4,9-11,14H2,1-3H3. The minimum absolute atomic E-state index is 0.0439. The monoisotopic (exact) mass is 459 g/mol. The minimum Gasteiger partial charge on any atom is -0.486 e. The molecule has 32 heavy (non-hydrogen) atoms. The Hall–Kier alpha value is -3.11. The van der Waals surface area contributed by atoms with Crippen LogP contribution in [-0.2, 0) is 27.9 Å². The second-order valence-corrected chi connectivity index (χ2v) is 9.70. The van der Waals surface area contributed by atoms with Crippen LogP contribution in [0.3, 0.4) is 0 Å². The maximum atomic E-state index is 12.6. The van der Waals surface area contributed by atoms with Crippen molar-refractivity contribution in [3.63, 3.8) is 0 Å². The molecule has 0 radical (unpaired) electrons. The van der Waals surface area contributed by atoms with Gasteiger partial charge in [-0.05, 0) is 42.8 Å². The van der Waals surface area contributed by atoms with Crippen LogP contribution in [0.5, 0.6) is 11.5 Å². The number of carbonyl (C=O) groups is 1. The molecule has 0 N–H and O–H groups in total. The van der Waals surface area contributed by atoms with E-state index in [1.807, 2.05) is 11.5 Å². The van der Waals surface area contributed by atoms with Crippen molar-refractivity contribution < 1.29 is 27.4 Å². The third-order valence-corrected chi connectivity index (χ3v) is 6.95. The number of aryl methyl sites for hydroxylation is 1. The van der Waals surface area contributed by atoms with Gasteiger partial charge in [-0.2, -0.15) is 0 Å². The summed E-state index contributed by atoms with van der Waals surface area (Å²) in [5, 5.41) is 0. The summed E-state index contributed by atoms with van der Waals surface area (Å²) in [6.45, 7) is 3.55. The first-order valence-corrected chi connectivity index (χ1v) is 11.7. The number of esters is 1. The molecule has 0 aliphatic carbocycles. The van der Waals surface area contributed by atoms with Gasteiger partial charge >= 0.3 is 5.97 Å². The van der Waals surface area contributed by atoms with Gasteiger partial charge in [-0.3, -0.25) is 0 Å². The molecule has 2 aromatic carbocycles. The molecule has 1 aliphatic heterocycles. The Kier molecular flexibility index (Phi) is 6.07. The van der Waals surface area contributed by atoms with E-state index in [0.29, 0.717) is 48.2 Å². The van der Waals surface area contributed by atoms with Crippen LogP contribution in [0.25, 0.3) is 11.0 Å². The van der Waals surface area contributed by atoms with E-state index >= 15 is 0 Å². The van der Waals surface area contributed by atoms with Crippen LogP contribution in [0, 0.1) is 0 Å². The highest BCUT2D eigenvalue weighted by Crippen LogP contribution is 2.31. The number of ether oxygens (including phenoxy) is 3. The Morgan fingerprint density at radius 1 is 1.12 bits per heavy atom. The van der Waals surface area contributed by atoms with E-state index in [2.05, 4.69) is 4.98 Å². The number of imidazole rings is 1. The smallest absolute Gasteiger partial charge is 0.338 e. The number of hydrogen-bond acceptors (Lipinski definition) is 7. The molecule has 0 saturated heterocycles. The van der Waals surface area contributed by atoms with Crippen LogP contribution >= 0.6 is 0 Å². The van der Waals surface area contributed by atoms with E-state index in [1.165, 1.54) is 14.1 Å². The normalized spacial score (nSPS) is 13.5. The van der Waals surface area contributed by atoms with E-state index in [9.17, 15) is 13.2 Å². The van der Waals surface area contributed by atoms with Crippen LogP contribution in [0.1, 0.15) is 29.5 Å². The molecule has 0 fully saturated rings. The number of rotatable bonds is 7. The quantitative estimate of drug-likeness (QED) is 0.501. The Morgan fingerprint density at radius 3 is 2.59 bits per heavy atom. The van der Waals surface area contributed by atoms with Crippen LogP contribution in [0.2, 0.25) is 0 Å². The zero-order valence-corrected chi connectivity index (χ0v) is 19.0. The molecule has 0 spiro atoms. The molecule has 1 aliphatic rings. The van der Waals surface area contributed by atoms with Gasteiger partial charge < -0.3 is 18.8 Å². The Bertz CT molecular complexity index is 1270. The minimum atomic E-state index is -3.58. The summed E-state index contributed by atoms with van der Waals surface area (Å²) in [7, 11) is -0.609. The second-order valence-electron chi connectivity index (χ2n) is 7.55. The van der Waals surface area contributed by atoms with Gasteiger partial charge in [0.25, 0.3) is 0 Å². The van der Waals surface area contributed by atoms with Crippen LogP contribution in [-0.4, -0.2) is 55.6 Å². The van der Waals surface area contributed by atoms with Gasteiger partial charge in [0, 0.05) is 20.6 Å². The molecule has 0 saturated carbocycles. The lowest BCUT2D eigenvalue weighted by Gasteiger charge is -2.18. The third kappa shape index (κ3) is 4.15. The zero-order chi connectivity index (χ0) is 22.9. The van der Waals surface area contributed by atoms with Gasteiger partial charge in [-0.1, -0.05) is 6.92 Å². The maximum absolute atomic E-state index is 12.6. The largest absolute Gasteiger partial charge is 0.486 e. The van der Waals surface area contributed by atoms with Gasteiger partial charge in [0.2, 0.25) is 10.0 Å². The molecule has 0 unspecified atom stereocenters. The zero-order valence-electron chi connectivity index (χ0n) is 18.2. The molecular formula is C22H25N3O6S. The predicted molar refractivity (Wildman–Crippen MR) is 117 cm³/mol. The van der Waals surface area contributed by atoms with Crippen molar-refractivity contribution in [3.8, 4) is 11.5 Å². The van der Waals surface area contributed by atoms with Gasteiger partial charge in [0.15, 0.2) is 11.5 Å². The summed E-state index contributed by atoms with van der Waals surface area (Å²) in [6.07, 6.45) is 0.840. The highest BCUT2D eigenvalue weighted by Gasteiger charge is 2.21. The Balaban J connectivity index is 1.59. The van der Waals surface area contributed by atoms with Crippen molar-refractivity contribution in [1.29, 1.82) is 0 Å². The summed E-state index contributed by atoms with van der Waals surface area (Å²) in [5.41, 5.74) is 1.67. The van der Waals surface area contributed by atoms with Crippen molar-refractivity contribution >= 4 is 27.0 Å². The lowest BCUT2D eigenvalue weighted by molar-refractivity contribution is 0.0457. The molecular weight excluding hydrogens is 434 g/mol. The number of fused-ring (bicyclic) bond motifs is 2. The topological polar surface area (TPSA) is 100.0 Å². The first-order chi connectivity index (χ1) is 15.3. The highest BCUT2D eigenvalue weighted by molar-refractivity contribution is 7.89. The Morgan fingerprint density at radius 2 is 1.88 bits per heavy atom. The highest BCUT2D eigenvalue weighted by atomic mass is 32.2. The first kappa shape index (κ1) is 22.1. The van der Waals surface area contributed by atoms with Crippen LogP contribution < -0.4 is 9.47 Å². The maximum Gasteiger partial charge on any atom is 0.338 e. The molecule has 1 aromatic heterocycles. The summed E-state index contributed by atoms with van der Waals surface area (Å²) < 4.78 is 44.6. The van der Waals surface area contributed by atoms with E-state index < -0.39 is 16.0 Å². The average molecular weight is 460 g/mol. The molecule has 10 heteroatoms. The fraction of sp³-hybridized carbons (Fsp3) is 0.364. The van der Waals surface area contributed by atoms with E-state index in [1.54, 1.807) is 36.4 Å². The van der Waals surface area contributed by atoms with E-state index in [4.69, 9.17) is 14.2 Å². The lowest BCUT2D eigenvalue weighted by atomic mass is 10.2. The number of carbonyl (C=O) groups excluding carboxylic acids is 1. The third-order valence-electron chi connectivity index (χ3n) is 5.13. The SMILES string of the molecule is CCCn1c(COC(=O)c2ccc3c(c2)OCCO3)nc2cc(S(=O)(=O)N(C)C)ccc21. The molecule has 0 atom stereocenters. The molecule has 0 bridgehead atoms. The molecule has 4 rings (SSSR count). The van der Waals surface area contributed by atoms with Crippen molar-refractivity contribution in [1.82, 2.24) is 13.9 Å². The van der Waals surface area contributed by atoms with E-state index in [-0.39, 0.29) is 11.5 Å². The summed E-state index contributed by atoms with van der Waals surface area (Å²) >= 11 is 0. The number of sulfonamides is 1. The van der Waals surface area contributed by atoms with Crippen molar-refractivity contribution in [2.75, 3.05) is 27.3 Å². The van der Waals surface area contributed by atoms with Crippen molar-refractivity contribution in [2.24, 2.45) is 0 Å². The summed E-state index contributed by atoms with van der Waals surface area (Å²) in [5.74, 6) is 1.15. The summed E-state index contributed by atoms with van der Waals surface area (Å²) in [4.78, 5) is 17.3. The molecule has 0 amide bonds. The van der Waals surface area contributed by atoms with Gasteiger partial charge in [0.1, 0.15) is 25.6 Å². The molecule has 3 aromatic rings. The molecule has 9 nitrogen and oxygen atoms in total. The molecule has 170 valence electrons. The van der Waals surface area contributed by atoms with Gasteiger partial charge in [-0.25, -0.2) is 22.5 Å². The fourth-order valence-electron chi connectivity index (χ4n) is 3.50. The lowest BCUT2D eigenvalue weighted by Crippen LogP contribution is -2.22. The van der Waals surface area contributed by atoms with Crippen molar-refractivity contribution in [2.45, 2.75) is 31.4 Å². The summed E-state index contributed by atoms with van der Waals surface area (Å²) in [6, 6.07) is 9.76. The number of hydrogen-bond donors (Lipinski definition) is 0. The van der Waals surface area contributed by atoms with Crippen LogP contribution in [0.15, 0.2) is 41.3 Å². The van der Waals surface area contributed by atoms with Crippen LogP contribution in [0.4, 0.5) is 0 Å². The fourth-order valence-corrected chi connectivity index (χ4v) is 4.42. The number of aromatic nitrogens is 2. The number of benzene rings is 2. The Labute approximate surface area is 186 Å². The number of nitrogens with zero attached hydrogens (tertiary/aromatic N) is 3. The van der Waals surface area contributed by atoms with Crippen molar-refractivity contribution in [3.05, 3.63) is 47.8 Å². The van der Waals surface area contributed by atoms with Gasteiger partial charge in [0.05, 0.1) is 21.5 Å². The first-order valence-electron chi connectivity index (χ1n) is 10.3. The van der Waals surface area contributed by atoms with Gasteiger partial charge in [-0.15, -0.1) is 0 Å². The predicted octanol–water partition coefficient (Wildman–Crippen LogP) is 2.82.